The van der Waals surface area contributed by atoms with Crippen molar-refractivity contribution in [3.8, 4) is 0 Å². The zero-order valence-electron chi connectivity index (χ0n) is 21.3. The number of aryl methyl sites for hydroxylation is 2. The molecule has 0 radical (unpaired) electrons. The van der Waals surface area contributed by atoms with Crippen molar-refractivity contribution >= 4 is 0 Å². The average molecular weight is 535 g/mol. The molecule has 38 heavy (non-hydrogen) atoms. The first-order valence-electron chi connectivity index (χ1n) is 12.0. The molecule has 0 bridgehead atoms. The Kier molecular flexibility index (Phi) is 9.53. The Morgan fingerprint density at radius 3 is 1.55 bits per heavy atom. The van der Waals surface area contributed by atoms with Gasteiger partial charge in [0.25, 0.3) is 0 Å². The van der Waals surface area contributed by atoms with E-state index in [1.807, 2.05) is 13.8 Å². The van der Waals surface area contributed by atoms with Gasteiger partial charge in [0, 0.05) is 22.2 Å². The highest BCUT2D eigenvalue weighted by molar-refractivity contribution is 5.03. The molecule has 2 aromatic rings. The van der Waals surface area contributed by atoms with Crippen LogP contribution < -0.4 is 11.4 Å². The molecule has 0 amide bonds. The predicted molar refractivity (Wildman–Crippen MR) is 130 cm³/mol. The number of hydrogen-bond donors (Lipinski definition) is 0. The fraction of sp³-hybridized carbons (Fsp3) is 0.636. The lowest BCUT2D eigenvalue weighted by Crippen LogP contribution is -2.32. The van der Waals surface area contributed by atoms with Crippen molar-refractivity contribution in [2.45, 2.75) is 90.1 Å². The van der Waals surface area contributed by atoms with Crippen LogP contribution in [0, 0.1) is 25.5 Å². The third-order valence-electron chi connectivity index (χ3n) is 6.35. The van der Waals surface area contributed by atoms with E-state index in [0.717, 1.165) is 34.4 Å². The molecular formula is C22H28F2N10O4. The quantitative estimate of drug-likeness (QED) is 0.304. The second-order valence-corrected chi connectivity index (χ2v) is 8.86. The number of aromatic nitrogens is 4. The molecule has 0 aliphatic carbocycles. The first-order chi connectivity index (χ1) is 18.1. The fourth-order valence-corrected chi connectivity index (χ4v) is 4.24. The molecule has 0 aromatic carbocycles. The summed E-state index contributed by atoms with van der Waals surface area (Å²) in [5, 5.41) is 7.24. The molecule has 204 valence electrons. The highest BCUT2D eigenvalue weighted by Gasteiger charge is 2.37. The molecule has 4 rings (SSSR count). The summed E-state index contributed by atoms with van der Waals surface area (Å²) in [6, 6.07) is -1.06. The summed E-state index contributed by atoms with van der Waals surface area (Å²) in [6.07, 6.45) is 2.75. The number of azide groups is 2. The standard InChI is InChI=1S/2C11H14FN5O2/c2*1-3-7-4-9(15-16-13)10(19-7)17-5-8(12)6(2)14-11(17)18/h2*5,7,9-10H,3-4H2,1-2H3/t2*7-,9?,10-/m00/s1. The van der Waals surface area contributed by atoms with Gasteiger partial charge in [-0.2, -0.15) is 9.97 Å². The Labute approximate surface area is 215 Å². The lowest BCUT2D eigenvalue weighted by atomic mass is 10.1. The summed E-state index contributed by atoms with van der Waals surface area (Å²) < 4.78 is 40.4. The van der Waals surface area contributed by atoms with Crippen molar-refractivity contribution in [3.63, 3.8) is 0 Å². The van der Waals surface area contributed by atoms with Gasteiger partial charge in [0.15, 0.2) is 11.6 Å². The maximum atomic E-state index is 13.5. The molecule has 2 unspecified atom stereocenters. The molecule has 2 fully saturated rings. The van der Waals surface area contributed by atoms with E-state index in [1.165, 1.54) is 13.8 Å². The van der Waals surface area contributed by atoms with Gasteiger partial charge in [-0.05, 0) is 50.6 Å². The van der Waals surface area contributed by atoms with Crippen molar-refractivity contribution in [3.05, 3.63) is 77.3 Å². The van der Waals surface area contributed by atoms with Gasteiger partial charge in [-0.1, -0.05) is 24.1 Å². The summed E-state index contributed by atoms with van der Waals surface area (Å²) >= 11 is 0. The van der Waals surface area contributed by atoms with Crippen LogP contribution >= 0.6 is 0 Å². The van der Waals surface area contributed by atoms with Crippen LogP contribution in [-0.2, 0) is 9.47 Å². The summed E-state index contributed by atoms with van der Waals surface area (Å²) in [6.45, 7) is 6.68. The van der Waals surface area contributed by atoms with E-state index in [1.54, 1.807) is 0 Å². The Morgan fingerprint density at radius 2 is 1.24 bits per heavy atom. The minimum Gasteiger partial charge on any atom is -0.354 e. The first kappa shape index (κ1) is 28.7. The molecule has 0 spiro atoms. The van der Waals surface area contributed by atoms with Crippen molar-refractivity contribution in [1.82, 2.24) is 19.1 Å². The third kappa shape index (κ3) is 6.34. The maximum absolute atomic E-state index is 13.5. The summed E-state index contributed by atoms with van der Waals surface area (Å²) in [5.74, 6) is -1.19. The Bertz CT molecular complexity index is 1270. The lowest BCUT2D eigenvalue weighted by molar-refractivity contribution is -0.00723. The van der Waals surface area contributed by atoms with Crippen LogP contribution in [0.1, 0.15) is 63.4 Å². The fourth-order valence-electron chi connectivity index (χ4n) is 4.24. The Hall–Kier alpha value is -3.84. The van der Waals surface area contributed by atoms with E-state index < -0.39 is 47.6 Å². The minimum atomic E-state index is -0.795. The molecule has 2 aromatic heterocycles. The molecule has 2 aliphatic heterocycles. The van der Waals surface area contributed by atoms with E-state index in [-0.39, 0.29) is 23.6 Å². The van der Waals surface area contributed by atoms with Crippen LogP contribution in [0.5, 0.6) is 0 Å². The molecule has 4 heterocycles. The van der Waals surface area contributed by atoms with Crippen LogP contribution in [-0.4, -0.2) is 43.4 Å². The molecule has 6 atom stereocenters. The van der Waals surface area contributed by atoms with E-state index in [2.05, 4.69) is 30.0 Å². The molecule has 0 N–H and O–H groups in total. The smallest absolute Gasteiger partial charge is 0.350 e. The maximum Gasteiger partial charge on any atom is 0.350 e. The lowest BCUT2D eigenvalue weighted by Gasteiger charge is -2.17. The monoisotopic (exact) mass is 534 g/mol. The second-order valence-electron chi connectivity index (χ2n) is 8.86. The zero-order chi connectivity index (χ0) is 28.0. The highest BCUT2D eigenvalue weighted by Crippen LogP contribution is 2.33. The minimum absolute atomic E-state index is 0.0339. The molecule has 2 aliphatic rings. The molecule has 0 saturated carbocycles. The zero-order valence-corrected chi connectivity index (χ0v) is 21.3. The van der Waals surface area contributed by atoms with Crippen molar-refractivity contribution < 1.29 is 18.3 Å². The third-order valence-corrected chi connectivity index (χ3v) is 6.35. The van der Waals surface area contributed by atoms with Gasteiger partial charge >= 0.3 is 11.4 Å². The number of halogens is 2. The topological polar surface area (TPSA) is 186 Å². The van der Waals surface area contributed by atoms with Gasteiger partial charge < -0.3 is 9.47 Å². The first-order valence-corrected chi connectivity index (χ1v) is 12.0. The number of rotatable bonds is 6. The second kappa shape index (κ2) is 12.6. The summed E-state index contributed by atoms with van der Waals surface area (Å²) in [5.41, 5.74) is 15.9. The van der Waals surface area contributed by atoms with Crippen LogP contribution in [0.25, 0.3) is 20.9 Å². The molecule has 16 heteroatoms. The van der Waals surface area contributed by atoms with Crippen molar-refractivity contribution in [2.24, 2.45) is 10.2 Å². The van der Waals surface area contributed by atoms with Crippen LogP contribution in [0.15, 0.2) is 32.2 Å². The van der Waals surface area contributed by atoms with Gasteiger partial charge in [0.1, 0.15) is 12.5 Å². The predicted octanol–water partition coefficient (Wildman–Crippen LogP) is 4.13. The molecule has 2 saturated heterocycles. The van der Waals surface area contributed by atoms with E-state index in [4.69, 9.17) is 20.5 Å². The highest BCUT2D eigenvalue weighted by atomic mass is 19.1. The van der Waals surface area contributed by atoms with Gasteiger partial charge in [-0.3, -0.25) is 9.13 Å². The Balaban J connectivity index is 0.000000211. The van der Waals surface area contributed by atoms with E-state index >= 15 is 0 Å². The van der Waals surface area contributed by atoms with Gasteiger partial charge in [0.2, 0.25) is 0 Å². The number of ether oxygens (including phenoxy) is 2. The summed E-state index contributed by atoms with van der Waals surface area (Å²) in [4.78, 5) is 36.2. The van der Waals surface area contributed by atoms with Crippen LogP contribution in [0.2, 0.25) is 0 Å². The van der Waals surface area contributed by atoms with Crippen LogP contribution in [0.3, 0.4) is 0 Å². The van der Waals surface area contributed by atoms with Crippen molar-refractivity contribution in [1.29, 1.82) is 0 Å². The van der Waals surface area contributed by atoms with E-state index in [0.29, 0.717) is 12.8 Å². The van der Waals surface area contributed by atoms with E-state index in [9.17, 15) is 18.4 Å². The van der Waals surface area contributed by atoms with Gasteiger partial charge in [-0.15, -0.1) is 0 Å². The largest absolute Gasteiger partial charge is 0.354 e. The van der Waals surface area contributed by atoms with Gasteiger partial charge in [0.05, 0.1) is 35.7 Å². The SMILES string of the molecule is CC[C@H]1CC(N=[N+]=[N-])[C@@H](n2cc(F)c(C)nc2=O)O1.CC[C@H]1CC(N=[N+]=[N-])[C@@H](n2cc(F)c(C)nc2=O)O1. The van der Waals surface area contributed by atoms with Crippen molar-refractivity contribution in [2.75, 3.05) is 0 Å². The number of nitrogens with zero attached hydrogens (tertiary/aromatic N) is 10. The Morgan fingerprint density at radius 1 is 0.868 bits per heavy atom. The molecule has 14 nitrogen and oxygen atoms in total. The van der Waals surface area contributed by atoms with Crippen LogP contribution in [0.4, 0.5) is 8.78 Å². The average Bonchev–Trinajstić information content (AvgIpc) is 3.48. The summed E-state index contributed by atoms with van der Waals surface area (Å²) in [7, 11) is 0. The number of hydrogen-bond acceptors (Lipinski definition) is 8. The molecular weight excluding hydrogens is 506 g/mol. The van der Waals surface area contributed by atoms with Gasteiger partial charge in [-0.25, -0.2) is 18.4 Å². The normalized spacial score (nSPS) is 26.2.